The minimum Gasteiger partial charge on any atom is -0.391 e. The summed E-state index contributed by atoms with van der Waals surface area (Å²) < 4.78 is 31.0. The predicted molar refractivity (Wildman–Crippen MR) is 64.4 cm³/mol. The van der Waals surface area contributed by atoms with E-state index >= 15 is 0 Å². The number of rotatable bonds is 4. The third-order valence-corrected chi connectivity index (χ3v) is 5.78. The average molecular weight is 277 g/mol. The van der Waals surface area contributed by atoms with Crippen molar-refractivity contribution in [3.63, 3.8) is 0 Å². The highest BCUT2D eigenvalue weighted by Gasteiger charge is 2.32. The maximum Gasteiger partial charge on any atom is 0.243 e. The Morgan fingerprint density at radius 3 is 2.94 bits per heavy atom. The minimum atomic E-state index is -3.42. The number of nitrogens with zero attached hydrogens (tertiary/aromatic N) is 1. The van der Waals surface area contributed by atoms with Gasteiger partial charge in [-0.1, -0.05) is 0 Å². The smallest absolute Gasteiger partial charge is 0.243 e. The first kappa shape index (κ1) is 13.0. The van der Waals surface area contributed by atoms with Crippen LogP contribution in [0.2, 0.25) is 0 Å². The Balaban J connectivity index is 2.19. The molecule has 1 aromatic heterocycles. The lowest BCUT2D eigenvalue weighted by Gasteiger charge is -2.14. The maximum atomic E-state index is 12.2. The standard InChI is InChI=1S/C10H15NO4S2/c1-15-8-2-3-11(5-8)17(13,14)10-4-9(6-12)16-7-10/h4,7-8,12H,2-3,5-6H2,1H3. The van der Waals surface area contributed by atoms with Gasteiger partial charge < -0.3 is 9.84 Å². The van der Waals surface area contributed by atoms with Gasteiger partial charge in [0.25, 0.3) is 0 Å². The molecule has 1 aromatic rings. The summed E-state index contributed by atoms with van der Waals surface area (Å²) in [7, 11) is -1.83. The lowest BCUT2D eigenvalue weighted by Crippen LogP contribution is -2.29. The van der Waals surface area contributed by atoms with Crippen molar-refractivity contribution in [2.75, 3.05) is 20.2 Å². The molecule has 0 radical (unpaired) electrons. The molecule has 1 atom stereocenters. The highest BCUT2D eigenvalue weighted by molar-refractivity contribution is 7.89. The van der Waals surface area contributed by atoms with Gasteiger partial charge in [0.1, 0.15) is 0 Å². The fourth-order valence-corrected chi connectivity index (χ4v) is 4.44. The molecule has 2 heterocycles. The van der Waals surface area contributed by atoms with Gasteiger partial charge in [-0.05, 0) is 12.5 Å². The van der Waals surface area contributed by atoms with Crippen molar-refractivity contribution >= 4 is 21.4 Å². The normalized spacial score (nSPS) is 22.1. The molecule has 1 unspecified atom stereocenters. The van der Waals surface area contributed by atoms with E-state index in [1.165, 1.54) is 21.7 Å². The number of hydrogen-bond donors (Lipinski definition) is 1. The molecular weight excluding hydrogens is 262 g/mol. The van der Waals surface area contributed by atoms with E-state index in [4.69, 9.17) is 9.84 Å². The second-order valence-corrected chi connectivity index (χ2v) is 6.85. The summed E-state index contributed by atoms with van der Waals surface area (Å²) in [6, 6.07) is 1.53. The molecule has 0 aromatic carbocycles. The van der Waals surface area contributed by atoms with Gasteiger partial charge in [0.05, 0.1) is 17.6 Å². The van der Waals surface area contributed by atoms with E-state index in [1.807, 2.05) is 0 Å². The first-order valence-electron chi connectivity index (χ1n) is 5.29. The van der Waals surface area contributed by atoms with Crippen molar-refractivity contribution in [1.82, 2.24) is 4.31 Å². The van der Waals surface area contributed by atoms with Gasteiger partial charge in [-0.3, -0.25) is 0 Å². The molecule has 96 valence electrons. The van der Waals surface area contributed by atoms with E-state index < -0.39 is 10.0 Å². The van der Waals surface area contributed by atoms with E-state index in [2.05, 4.69) is 0 Å². The molecule has 0 amide bonds. The summed E-state index contributed by atoms with van der Waals surface area (Å²) >= 11 is 1.25. The Morgan fingerprint density at radius 2 is 2.41 bits per heavy atom. The second-order valence-electron chi connectivity index (χ2n) is 3.92. The van der Waals surface area contributed by atoms with Crippen LogP contribution in [0.3, 0.4) is 0 Å². The Hall–Kier alpha value is -0.470. The van der Waals surface area contributed by atoms with Gasteiger partial charge in [-0.25, -0.2) is 8.42 Å². The van der Waals surface area contributed by atoms with Crippen LogP contribution >= 0.6 is 11.3 Å². The molecule has 17 heavy (non-hydrogen) atoms. The van der Waals surface area contributed by atoms with Gasteiger partial charge in [0, 0.05) is 30.5 Å². The van der Waals surface area contributed by atoms with Crippen LogP contribution in [0.1, 0.15) is 11.3 Å². The fraction of sp³-hybridized carbons (Fsp3) is 0.600. The SMILES string of the molecule is COC1CCN(S(=O)(=O)c2csc(CO)c2)C1. The van der Waals surface area contributed by atoms with Crippen LogP contribution in [0.5, 0.6) is 0 Å². The molecule has 0 bridgehead atoms. The van der Waals surface area contributed by atoms with E-state index in [0.717, 1.165) is 6.42 Å². The van der Waals surface area contributed by atoms with Crippen LogP contribution in [-0.4, -0.2) is 44.1 Å². The van der Waals surface area contributed by atoms with Crippen molar-refractivity contribution in [3.8, 4) is 0 Å². The second kappa shape index (κ2) is 5.03. The fourth-order valence-electron chi connectivity index (χ4n) is 1.84. The van der Waals surface area contributed by atoms with Crippen molar-refractivity contribution < 1.29 is 18.3 Å². The molecule has 0 saturated carbocycles. The molecule has 1 aliphatic rings. The van der Waals surface area contributed by atoms with Gasteiger partial charge in [-0.15, -0.1) is 11.3 Å². The van der Waals surface area contributed by atoms with Crippen molar-refractivity contribution in [1.29, 1.82) is 0 Å². The third-order valence-electron chi connectivity index (χ3n) is 2.86. The predicted octanol–water partition coefficient (Wildman–Crippen LogP) is 0.650. The zero-order valence-electron chi connectivity index (χ0n) is 9.50. The molecule has 0 spiro atoms. The Bertz CT molecular complexity index is 482. The molecule has 5 nitrogen and oxygen atoms in total. The zero-order chi connectivity index (χ0) is 12.5. The summed E-state index contributed by atoms with van der Waals surface area (Å²) in [5.74, 6) is 0. The summed E-state index contributed by atoms with van der Waals surface area (Å²) in [5.41, 5.74) is 0. The lowest BCUT2D eigenvalue weighted by atomic mass is 10.3. The lowest BCUT2D eigenvalue weighted by molar-refractivity contribution is 0.115. The molecule has 0 aliphatic carbocycles. The zero-order valence-corrected chi connectivity index (χ0v) is 11.1. The van der Waals surface area contributed by atoms with Gasteiger partial charge in [0.2, 0.25) is 10.0 Å². The highest BCUT2D eigenvalue weighted by atomic mass is 32.2. The number of thiophene rings is 1. The van der Waals surface area contributed by atoms with Crippen molar-refractivity contribution in [3.05, 3.63) is 16.3 Å². The number of aliphatic hydroxyl groups excluding tert-OH is 1. The molecule has 1 saturated heterocycles. The molecule has 1 aliphatic heterocycles. The van der Waals surface area contributed by atoms with Crippen LogP contribution < -0.4 is 0 Å². The molecule has 1 fully saturated rings. The van der Waals surface area contributed by atoms with Gasteiger partial charge in [-0.2, -0.15) is 4.31 Å². The largest absolute Gasteiger partial charge is 0.391 e. The molecule has 7 heteroatoms. The Morgan fingerprint density at radius 1 is 1.65 bits per heavy atom. The van der Waals surface area contributed by atoms with E-state index in [9.17, 15) is 8.42 Å². The topological polar surface area (TPSA) is 66.8 Å². The van der Waals surface area contributed by atoms with E-state index in [-0.39, 0.29) is 17.6 Å². The van der Waals surface area contributed by atoms with E-state index in [0.29, 0.717) is 18.0 Å². The maximum absolute atomic E-state index is 12.2. The number of aliphatic hydroxyl groups is 1. The molecule has 2 rings (SSSR count). The summed E-state index contributed by atoms with van der Waals surface area (Å²) in [4.78, 5) is 0.925. The van der Waals surface area contributed by atoms with Crippen LogP contribution in [0, 0.1) is 0 Å². The highest BCUT2D eigenvalue weighted by Crippen LogP contribution is 2.26. The van der Waals surface area contributed by atoms with Crippen LogP contribution in [0.15, 0.2) is 16.3 Å². The molecular formula is C10H15NO4S2. The average Bonchev–Trinajstić information content (AvgIpc) is 2.98. The van der Waals surface area contributed by atoms with Crippen LogP contribution in [-0.2, 0) is 21.4 Å². The first-order valence-corrected chi connectivity index (χ1v) is 7.61. The Kier molecular flexibility index (Phi) is 3.84. The number of ether oxygens (including phenoxy) is 1. The van der Waals surface area contributed by atoms with Gasteiger partial charge >= 0.3 is 0 Å². The summed E-state index contributed by atoms with van der Waals surface area (Å²) in [6.07, 6.45) is 0.716. The number of methoxy groups -OCH3 is 1. The van der Waals surface area contributed by atoms with E-state index in [1.54, 1.807) is 12.5 Å². The quantitative estimate of drug-likeness (QED) is 0.877. The first-order chi connectivity index (χ1) is 8.07. The van der Waals surface area contributed by atoms with Crippen molar-refractivity contribution in [2.45, 2.75) is 24.0 Å². The van der Waals surface area contributed by atoms with Crippen LogP contribution in [0.4, 0.5) is 0 Å². The monoisotopic (exact) mass is 277 g/mol. The molecule has 1 N–H and O–H groups in total. The van der Waals surface area contributed by atoms with Crippen molar-refractivity contribution in [2.24, 2.45) is 0 Å². The number of hydrogen-bond acceptors (Lipinski definition) is 5. The summed E-state index contributed by atoms with van der Waals surface area (Å²) in [6.45, 7) is 0.773. The van der Waals surface area contributed by atoms with Gasteiger partial charge in [0.15, 0.2) is 0 Å². The van der Waals surface area contributed by atoms with Crippen LogP contribution in [0.25, 0.3) is 0 Å². The third kappa shape index (κ3) is 2.53. The minimum absolute atomic E-state index is 0.0132. The Labute approximate surface area is 105 Å². The summed E-state index contributed by atoms with van der Waals surface area (Å²) in [5, 5.41) is 10.5. The number of sulfonamides is 1.